The number of hydrogen-bond acceptors (Lipinski definition) is 6. The molecule has 1 aliphatic carbocycles. The lowest BCUT2D eigenvalue weighted by atomic mass is 9.92. The largest absolute Gasteiger partial charge is 0.390 e. The van der Waals surface area contributed by atoms with E-state index in [1.807, 2.05) is 32.0 Å². The lowest BCUT2D eigenvalue weighted by Gasteiger charge is -2.40. The van der Waals surface area contributed by atoms with Crippen LogP contribution >= 0.6 is 0 Å². The minimum atomic E-state index is -0.394. The van der Waals surface area contributed by atoms with Crippen molar-refractivity contribution in [1.82, 2.24) is 20.5 Å². The smallest absolute Gasteiger partial charge is 0.138 e. The molecule has 0 bridgehead atoms. The molecule has 0 spiro atoms. The van der Waals surface area contributed by atoms with E-state index in [0.29, 0.717) is 12.6 Å². The standard InChI is InChI=1S/C22H31N5O/c1-15-8-10-18(19-11-9-16(2)25-26-19)22(23-15)27-13-12-20(21(28)14-27)24-17-6-4-3-5-7-17/h8-11,17,20-21,24,28H,3-7,12-14H2,1-2H3/t20-,21+/m0/s1. The lowest BCUT2D eigenvalue weighted by Crippen LogP contribution is -2.55. The fraction of sp³-hybridized carbons (Fsp3) is 0.591. The van der Waals surface area contributed by atoms with Crippen molar-refractivity contribution in [2.75, 3.05) is 18.0 Å². The van der Waals surface area contributed by atoms with Gasteiger partial charge >= 0.3 is 0 Å². The van der Waals surface area contributed by atoms with E-state index in [-0.39, 0.29) is 6.04 Å². The van der Waals surface area contributed by atoms with E-state index in [9.17, 15) is 5.11 Å². The Morgan fingerprint density at radius 2 is 1.75 bits per heavy atom. The molecule has 2 aliphatic rings. The van der Waals surface area contributed by atoms with Crippen LogP contribution in [-0.4, -0.2) is 51.6 Å². The second-order valence-corrected chi connectivity index (χ2v) is 8.29. The second kappa shape index (κ2) is 8.53. The van der Waals surface area contributed by atoms with Crippen LogP contribution < -0.4 is 10.2 Å². The summed E-state index contributed by atoms with van der Waals surface area (Å²) in [5, 5.41) is 23.1. The van der Waals surface area contributed by atoms with E-state index in [4.69, 9.17) is 4.98 Å². The van der Waals surface area contributed by atoms with Crippen LogP contribution in [0.1, 0.15) is 49.9 Å². The maximum atomic E-state index is 10.8. The molecule has 1 saturated heterocycles. The van der Waals surface area contributed by atoms with E-state index < -0.39 is 6.10 Å². The molecule has 0 radical (unpaired) electrons. The van der Waals surface area contributed by atoms with Gasteiger partial charge in [-0.1, -0.05) is 19.3 Å². The van der Waals surface area contributed by atoms with E-state index in [1.165, 1.54) is 32.1 Å². The zero-order valence-corrected chi connectivity index (χ0v) is 16.9. The van der Waals surface area contributed by atoms with Crippen LogP contribution in [0.2, 0.25) is 0 Å². The fourth-order valence-corrected chi connectivity index (χ4v) is 4.42. The Labute approximate surface area is 167 Å². The first-order valence-electron chi connectivity index (χ1n) is 10.6. The number of piperidine rings is 1. The summed E-state index contributed by atoms with van der Waals surface area (Å²) in [6, 6.07) is 8.78. The molecule has 2 aromatic rings. The van der Waals surface area contributed by atoms with Crippen molar-refractivity contribution in [3.05, 3.63) is 35.7 Å². The number of aliphatic hydroxyl groups is 1. The fourth-order valence-electron chi connectivity index (χ4n) is 4.42. The van der Waals surface area contributed by atoms with Crippen LogP contribution in [0, 0.1) is 13.8 Å². The molecule has 2 atom stereocenters. The molecule has 28 heavy (non-hydrogen) atoms. The summed E-state index contributed by atoms with van der Waals surface area (Å²) >= 11 is 0. The van der Waals surface area contributed by atoms with Gasteiger partial charge in [-0.15, -0.1) is 0 Å². The molecule has 6 heteroatoms. The summed E-state index contributed by atoms with van der Waals surface area (Å²) in [6.45, 7) is 5.41. The highest BCUT2D eigenvalue weighted by Gasteiger charge is 2.31. The Balaban J connectivity index is 1.50. The summed E-state index contributed by atoms with van der Waals surface area (Å²) < 4.78 is 0. The Morgan fingerprint density at radius 1 is 0.964 bits per heavy atom. The highest BCUT2D eigenvalue weighted by molar-refractivity contribution is 5.73. The van der Waals surface area contributed by atoms with E-state index >= 15 is 0 Å². The number of nitrogens with zero attached hydrogens (tertiary/aromatic N) is 4. The van der Waals surface area contributed by atoms with Crippen molar-refractivity contribution in [1.29, 1.82) is 0 Å². The average molecular weight is 382 g/mol. The summed E-state index contributed by atoms with van der Waals surface area (Å²) in [5.74, 6) is 0.897. The van der Waals surface area contributed by atoms with Crippen LogP contribution in [0.3, 0.4) is 0 Å². The molecule has 0 amide bonds. The first kappa shape index (κ1) is 19.3. The molecule has 1 saturated carbocycles. The van der Waals surface area contributed by atoms with Crippen LogP contribution in [0.25, 0.3) is 11.3 Å². The molecule has 4 rings (SSSR count). The van der Waals surface area contributed by atoms with Crippen LogP contribution in [0.5, 0.6) is 0 Å². The molecule has 6 nitrogen and oxygen atoms in total. The maximum Gasteiger partial charge on any atom is 0.138 e. The van der Waals surface area contributed by atoms with Gasteiger partial charge in [-0.05, 0) is 57.4 Å². The van der Waals surface area contributed by atoms with Crippen LogP contribution in [0.4, 0.5) is 5.82 Å². The predicted octanol–water partition coefficient (Wildman–Crippen LogP) is 3.02. The number of aliphatic hydroxyl groups excluding tert-OH is 1. The van der Waals surface area contributed by atoms with Gasteiger partial charge in [0.1, 0.15) is 5.82 Å². The Hall–Kier alpha value is -2.05. The molecule has 150 valence electrons. The zero-order chi connectivity index (χ0) is 19.5. The zero-order valence-electron chi connectivity index (χ0n) is 16.9. The minimum Gasteiger partial charge on any atom is -0.390 e. The number of anilines is 1. The van der Waals surface area contributed by atoms with Crippen molar-refractivity contribution >= 4 is 5.82 Å². The van der Waals surface area contributed by atoms with Gasteiger partial charge < -0.3 is 15.3 Å². The molecule has 1 aliphatic heterocycles. The average Bonchev–Trinajstić information content (AvgIpc) is 2.71. The van der Waals surface area contributed by atoms with Crippen molar-refractivity contribution in [2.45, 2.75) is 70.6 Å². The monoisotopic (exact) mass is 381 g/mol. The lowest BCUT2D eigenvalue weighted by molar-refractivity contribution is 0.103. The van der Waals surface area contributed by atoms with Gasteiger partial charge in [-0.25, -0.2) is 4.98 Å². The number of aromatic nitrogens is 3. The van der Waals surface area contributed by atoms with Gasteiger partial charge in [-0.2, -0.15) is 10.2 Å². The van der Waals surface area contributed by atoms with E-state index in [1.54, 1.807) is 0 Å². The van der Waals surface area contributed by atoms with Crippen LogP contribution in [-0.2, 0) is 0 Å². The number of β-amino-alcohol motifs (C(OH)–C–C–N with tert-alkyl or cyclic N) is 1. The van der Waals surface area contributed by atoms with Gasteiger partial charge in [0.15, 0.2) is 0 Å². The highest BCUT2D eigenvalue weighted by atomic mass is 16.3. The summed E-state index contributed by atoms with van der Waals surface area (Å²) in [7, 11) is 0. The first-order chi connectivity index (χ1) is 13.6. The molecule has 0 aromatic carbocycles. The molecule has 0 unspecified atom stereocenters. The summed E-state index contributed by atoms with van der Waals surface area (Å²) in [6.07, 6.45) is 6.97. The van der Waals surface area contributed by atoms with Gasteiger partial charge in [-0.3, -0.25) is 0 Å². The van der Waals surface area contributed by atoms with Crippen molar-refractivity contribution in [3.63, 3.8) is 0 Å². The third-order valence-corrected chi connectivity index (χ3v) is 6.02. The maximum absolute atomic E-state index is 10.8. The van der Waals surface area contributed by atoms with Crippen molar-refractivity contribution < 1.29 is 5.11 Å². The van der Waals surface area contributed by atoms with Crippen molar-refractivity contribution in [2.24, 2.45) is 0 Å². The summed E-state index contributed by atoms with van der Waals surface area (Å²) in [4.78, 5) is 7.00. The Bertz CT molecular complexity index is 788. The molecule has 2 aromatic heterocycles. The van der Waals surface area contributed by atoms with Gasteiger partial charge in [0.05, 0.1) is 17.5 Å². The second-order valence-electron chi connectivity index (χ2n) is 8.29. The third-order valence-electron chi connectivity index (χ3n) is 6.02. The first-order valence-corrected chi connectivity index (χ1v) is 10.6. The van der Waals surface area contributed by atoms with E-state index in [0.717, 1.165) is 41.4 Å². The Morgan fingerprint density at radius 3 is 2.46 bits per heavy atom. The molecule has 3 heterocycles. The highest BCUT2D eigenvalue weighted by Crippen LogP contribution is 2.30. The molecular weight excluding hydrogens is 350 g/mol. The molecular formula is C22H31N5O. The normalized spacial score (nSPS) is 23.8. The predicted molar refractivity (Wildman–Crippen MR) is 111 cm³/mol. The van der Waals surface area contributed by atoms with Gasteiger partial charge in [0.25, 0.3) is 0 Å². The van der Waals surface area contributed by atoms with Gasteiger partial charge in [0.2, 0.25) is 0 Å². The Kier molecular flexibility index (Phi) is 5.87. The van der Waals surface area contributed by atoms with Crippen LogP contribution in [0.15, 0.2) is 24.3 Å². The summed E-state index contributed by atoms with van der Waals surface area (Å²) in [5.41, 5.74) is 3.67. The molecule has 2 N–H and O–H groups in total. The number of aryl methyl sites for hydroxylation is 2. The number of nitrogens with one attached hydrogen (secondary N) is 1. The SMILES string of the molecule is Cc1ccc(-c2ccc(C)nc2N2CC[C@H](NC3CCCCC3)[C@H](O)C2)nn1. The number of pyridine rings is 1. The quantitative estimate of drug-likeness (QED) is 0.848. The van der Waals surface area contributed by atoms with Gasteiger partial charge in [0, 0.05) is 36.4 Å². The number of hydrogen-bond donors (Lipinski definition) is 2. The van der Waals surface area contributed by atoms with Crippen molar-refractivity contribution in [3.8, 4) is 11.3 Å². The third kappa shape index (κ3) is 4.33. The number of rotatable bonds is 4. The minimum absolute atomic E-state index is 0.173. The topological polar surface area (TPSA) is 74.2 Å². The van der Waals surface area contributed by atoms with E-state index in [2.05, 4.69) is 26.5 Å². The molecule has 2 fully saturated rings.